The van der Waals surface area contributed by atoms with Gasteiger partial charge in [0.05, 0.1) is 10.2 Å². The Labute approximate surface area is 113 Å². The zero-order valence-corrected chi connectivity index (χ0v) is 11.6. The van der Waals surface area contributed by atoms with Gasteiger partial charge >= 0.3 is 0 Å². The van der Waals surface area contributed by atoms with Crippen molar-refractivity contribution in [3.63, 3.8) is 0 Å². The van der Waals surface area contributed by atoms with E-state index in [1.54, 1.807) is 11.3 Å². The molecular weight excluding hydrogens is 331 g/mol. The third-order valence-electron chi connectivity index (χ3n) is 2.21. The summed E-state index contributed by atoms with van der Waals surface area (Å²) in [6, 6.07) is 6.00. The number of fused-ring (bicyclic) bond motifs is 3. The van der Waals surface area contributed by atoms with E-state index in [9.17, 15) is 0 Å². The minimum absolute atomic E-state index is 0.181. The van der Waals surface area contributed by atoms with Crippen molar-refractivity contribution in [2.75, 3.05) is 0 Å². The Bertz CT molecular complexity index is 711. The summed E-state index contributed by atoms with van der Waals surface area (Å²) in [7, 11) is 0. The number of rotatable bonds is 0. The summed E-state index contributed by atoms with van der Waals surface area (Å²) >= 11 is 16.8. The maximum Gasteiger partial charge on any atom is 0.224 e. The average Bonchev–Trinajstić information content (AvgIpc) is 2.56. The van der Waals surface area contributed by atoms with Crippen LogP contribution < -0.4 is 0 Å². The van der Waals surface area contributed by atoms with Crippen molar-refractivity contribution < 1.29 is 0 Å². The van der Waals surface area contributed by atoms with Gasteiger partial charge in [-0.2, -0.15) is 0 Å². The van der Waals surface area contributed by atoms with Crippen molar-refractivity contribution in [1.82, 2.24) is 9.97 Å². The molecule has 0 radical (unpaired) electrons. The van der Waals surface area contributed by atoms with Gasteiger partial charge in [-0.1, -0.05) is 33.6 Å². The van der Waals surface area contributed by atoms with Crippen LogP contribution in [-0.4, -0.2) is 9.97 Å². The number of hydrogen-bond acceptors (Lipinski definition) is 3. The first-order valence-electron chi connectivity index (χ1n) is 4.36. The second-order valence-electron chi connectivity index (χ2n) is 3.20. The first kappa shape index (κ1) is 10.7. The van der Waals surface area contributed by atoms with Crippen molar-refractivity contribution in [3.8, 4) is 0 Å². The number of thiophene rings is 1. The van der Waals surface area contributed by atoms with Crippen LogP contribution in [0.4, 0.5) is 0 Å². The van der Waals surface area contributed by atoms with Crippen molar-refractivity contribution in [3.05, 3.63) is 33.1 Å². The Hall–Kier alpha value is -0.420. The molecule has 0 amide bonds. The fourth-order valence-corrected chi connectivity index (χ4v) is 3.63. The van der Waals surface area contributed by atoms with Crippen LogP contribution in [0.1, 0.15) is 0 Å². The molecule has 2 heterocycles. The maximum atomic E-state index is 6.04. The third kappa shape index (κ3) is 1.61. The lowest BCUT2D eigenvalue weighted by atomic mass is 10.2. The van der Waals surface area contributed by atoms with E-state index in [1.807, 2.05) is 18.2 Å². The molecule has 0 aliphatic rings. The Morgan fingerprint density at radius 2 is 2.00 bits per heavy atom. The second kappa shape index (κ2) is 3.81. The second-order valence-corrected chi connectivity index (χ2v) is 5.87. The molecule has 1 aromatic carbocycles. The summed E-state index contributed by atoms with van der Waals surface area (Å²) in [4.78, 5) is 8.16. The Morgan fingerprint density at radius 1 is 1.19 bits per heavy atom. The number of nitrogens with zero attached hydrogens (tertiary/aromatic N) is 2. The highest BCUT2D eigenvalue weighted by Crippen LogP contribution is 2.37. The molecule has 0 saturated carbocycles. The van der Waals surface area contributed by atoms with Crippen LogP contribution in [0.25, 0.3) is 20.3 Å². The molecule has 0 fully saturated rings. The topological polar surface area (TPSA) is 25.8 Å². The summed E-state index contributed by atoms with van der Waals surface area (Å²) in [5, 5.41) is 1.64. The van der Waals surface area contributed by atoms with Gasteiger partial charge in [-0.3, -0.25) is 0 Å². The van der Waals surface area contributed by atoms with E-state index in [-0.39, 0.29) is 5.28 Å². The van der Waals surface area contributed by atoms with Crippen molar-refractivity contribution in [2.24, 2.45) is 0 Å². The van der Waals surface area contributed by atoms with Crippen LogP contribution in [0.15, 0.2) is 22.7 Å². The molecule has 0 aliphatic heterocycles. The van der Waals surface area contributed by atoms with E-state index >= 15 is 0 Å². The number of halogens is 3. The molecule has 0 bridgehead atoms. The Balaban J connectivity index is 2.55. The van der Waals surface area contributed by atoms with Gasteiger partial charge in [0.15, 0.2) is 5.15 Å². The lowest BCUT2D eigenvalue weighted by Crippen LogP contribution is -1.82. The summed E-state index contributed by atoms with van der Waals surface area (Å²) < 4.78 is 3.02. The quantitative estimate of drug-likeness (QED) is 0.431. The fraction of sp³-hybridized carbons (Fsp3) is 0. The summed E-state index contributed by atoms with van der Waals surface area (Å²) in [6.07, 6.45) is 0. The van der Waals surface area contributed by atoms with Gasteiger partial charge in [-0.15, -0.1) is 11.3 Å². The Kier molecular flexibility index (Phi) is 2.55. The molecule has 0 spiro atoms. The SMILES string of the molecule is Clc1nc(Cl)c2sc3cc(Br)ccc3c2n1. The minimum atomic E-state index is 0.181. The van der Waals surface area contributed by atoms with E-state index in [0.717, 1.165) is 24.8 Å². The largest absolute Gasteiger partial charge is 0.224 e. The first-order valence-corrected chi connectivity index (χ1v) is 6.72. The standard InChI is InChI=1S/C10H3BrCl2N2S/c11-4-1-2-5-6(3-4)16-8-7(5)14-10(13)15-9(8)12/h1-3H. The number of hydrogen-bond donors (Lipinski definition) is 0. The van der Waals surface area contributed by atoms with Gasteiger partial charge in [0, 0.05) is 14.6 Å². The number of benzene rings is 1. The molecule has 6 heteroatoms. The van der Waals surface area contributed by atoms with Crippen molar-refractivity contribution in [2.45, 2.75) is 0 Å². The molecule has 0 N–H and O–H groups in total. The molecular formula is C10H3BrCl2N2S. The van der Waals surface area contributed by atoms with Crippen molar-refractivity contribution >= 4 is 70.8 Å². The van der Waals surface area contributed by atoms with Crippen LogP contribution in [0, 0.1) is 0 Å². The van der Waals surface area contributed by atoms with Crippen LogP contribution in [-0.2, 0) is 0 Å². The summed E-state index contributed by atoms with van der Waals surface area (Å²) in [5.74, 6) is 0. The van der Waals surface area contributed by atoms with E-state index in [1.165, 1.54) is 0 Å². The molecule has 0 atom stereocenters. The van der Waals surface area contributed by atoms with Gasteiger partial charge in [-0.25, -0.2) is 9.97 Å². The molecule has 0 saturated heterocycles. The average molecular weight is 334 g/mol. The van der Waals surface area contributed by atoms with E-state index in [2.05, 4.69) is 25.9 Å². The van der Waals surface area contributed by atoms with E-state index in [4.69, 9.17) is 23.2 Å². The van der Waals surface area contributed by atoms with Gasteiger partial charge in [0.25, 0.3) is 0 Å². The predicted octanol–water partition coefficient (Wildman–Crippen LogP) is 4.91. The maximum absolute atomic E-state index is 6.04. The first-order chi connectivity index (χ1) is 7.65. The molecule has 0 unspecified atom stereocenters. The minimum Gasteiger partial charge on any atom is -0.216 e. The Morgan fingerprint density at radius 3 is 2.81 bits per heavy atom. The zero-order valence-electron chi connectivity index (χ0n) is 7.67. The molecule has 2 aromatic heterocycles. The molecule has 16 heavy (non-hydrogen) atoms. The summed E-state index contributed by atoms with van der Waals surface area (Å²) in [6.45, 7) is 0. The molecule has 2 nitrogen and oxygen atoms in total. The monoisotopic (exact) mass is 332 g/mol. The van der Waals surface area contributed by atoms with Crippen LogP contribution >= 0.6 is 50.5 Å². The van der Waals surface area contributed by atoms with E-state index < -0.39 is 0 Å². The van der Waals surface area contributed by atoms with Crippen LogP contribution in [0.3, 0.4) is 0 Å². The highest BCUT2D eigenvalue weighted by atomic mass is 79.9. The van der Waals surface area contributed by atoms with Gasteiger partial charge in [0.1, 0.15) is 0 Å². The summed E-state index contributed by atoms with van der Waals surface area (Å²) in [5.41, 5.74) is 0.817. The van der Waals surface area contributed by atoms with Gasteiger partial charge in [0.2, 0.25) is 5.28 Å². The molecule has 0 aliphatic carbocycles. The van der Waals surface area contributed by atoms with E-state index in [0.29, 0.717) is 5.15 Å². The number of aromatic nitrogens is 2. The third-order valence-corrected chi connectivity index (χ3v) is 4.40. The molecule has 80 valence electrons. The normalized spacial score (nSPS) is 11.4. The predicted molar refractivity (Wildman–Crippen MR) is 72.6 cm³/mol. The lowest BCUT2D eigenvalue weighted by Gasteiger charge is -1.94. The molecule has 3 rings (SSSR count). The highest BCUT2D eigenvalue weighted by molar-refractivity contribution is 9.10. The van der Waals surface area contributed by atoms with Gasteiger partial charge < -0.3 is 0 Å². The van der Waals surface area contributed by atoms with Gasteiger partial charge in [-0.05, 0) is 23.7 Å². The molecule has 3 aromatic rings. The zero-order chi connectivity index (χ0) is 11.3. The van der Waals surface area contributed by atoms with Crippen LogP contribution in [0.2, 0.25) is 10.4 Å². The van der Waals surface area contributed by atoms with Crippen LogP contribution in [0.5, 0.6) is 0 Å². The van der Waals surface area contributed by atoms with Crippen molar-refractivity contribution in [1.29, 1.82) is 0 Å². The smallest absolute Gasteiger partial charge is 0.216 e. The lowest BCUT2D eigenvalue weighted by molar-refractivity contribution is 1.23. The fourth-order valence-electron chi connectivity index (χ4n) is 1.56. The highest BCUT2D eigenvalue weighted by Gasteiger charge is 2.11.